The molecule has 0 rings (SSSR count). The molecule has 80 valence electrons. The number of ether oxygens (including phenoxy) is 1. The molecule has 0 amide bonds. The van der Waals surface area contributed by atoms with Crippen LogP contribution in [-0.2, 0) is 14.3 Å². The first-order chi connectivity index (χ1) is 6.85. The topological polar surface area (TPSA) is 43.4 Å². The van der Waals surface area contributed by atoms with E-state index in [0.29, 0.717) is 6.42 Å². The monoisotopic (exact) mass is 198 g/mol. The minimum absolute atomic E-state index is 0.363. The van der Waals surface area contributed by atoms with Gasteiger partial charge in [-0.1, -0.05) is 25.7 Å². The summed E-state index contributed by atoms with van der Waals surface area (Å²) in [5, 5.41) is 0. The quantitative estimate of drug-likeness (QED) is 0.504. The molecule has 14 heavy (non-hydrogen) atoms. The van der Waals surface area contributed by atoms with Gasteiger partial charge in [0.1, 0.15) is 6.10 Å². The van der Waals surface area contributed by atoms with Crippen LogP contribution in [0.25, 0.3) is 0 Å². The van der Waals surface area contributed by atoms with Crippen LogP contribution in [0.3, 0.4) is 0 Å². The SMILES string of the molecule is COC([C]=O)CCCCCCC[C]=O. The highest BCUT2D eigenvalue weighted by molar-refractivity contribution is 5.56. The second-order valence-electron chi connectivity index (χ2n) is 3.29. The van der Waals surface area contributed by atoms with Gasteiger partial charge in [-0.2, -0.15) is 0 Å². The van der Waals surface area contributed by atoms with E-state index in [2.05, 4.69) is 0 Å². The zero-order valence-electron chi connectivity index (χ0n) is 8.75. The van der Waals surface area contributed by atoms with Crippen molar-refractivity contribution in [2.24, 2.45) is 0 Å². The summed E-state index contributed by atoms with van der Waals surface area (Å²) in [6, 6.07) is 0. The summed E-state index contributed by atoms with van der Waals surface area (Å²) in [6.45, 7) is 0. The molecule has 0 aliphatic heterocycles. The molecule has 0 aromatic carbocycles. The summed E-state index contributed by atoms with van der Waals surface area (Å²) in [6.07, 6.45) is 9.82. The largest absolute Gasteiger partial charge is 0.373 e. The first-order valence-electron chi connectivity index (χ1n) is 5.10. The predicted molar refractivity (Wildman–Crippen MR) is 54.5 cm³/mol. The van der Waals surface area contributed by atoms with E-state index in [1.165, 1.54) is 7.11 Å². The van der Waals surface area contributed by atoms with Crippen molar-refractivity contribution in [3.8, 4) is 0 Å². The van der Waals surface area contributed by atoms with E-state index in [1.54, 1.807) is 0 Å². The first-order valence-corrected chi connectivity index (χ1v) is 5.10. The van der Waals surface area contributed by atoms with E-state index in [0.717, 1.165) is 38.5 Å². The van der Waals surface area contributed by atoms with Gasteiger partial charge in [0.05, 0.1) is 0 Å². The number of unbranched alkanes of at least 4 members (excludes halogenated alkanes) is 5. The molecular formula is C11H18O3. The van der Waals surface area contributed by atoms with Gasteiger partial charge >= 0.3 is 0 Å². The molecule has 0 saturated heterocycles. The molecule has 0 aromatic heterocycles. The average molecular weight is 198 g/mol. The second kappa shape index (κ2) is 10.4. The molecule has 0 bridgehead atoms. The molecular weight excluding hydrogens is 180 g/mol. The highest BCUT2D eigenvalue weighted by Gasteiger charge is 2.04. The highest BCUT2D eigenvalue weighted by atomic mass is 16.5. The van der Waals surface area contributed by atoms with Gasteiger partial charge in [-0.3, -0.25) is 9.59 Å². The Morgan fingerprint density at radius 3 is 2.29 bits per heavy atom. The Kier molecular flexibility index (Phi) is 9.86. The Morgan fingerprint density at radius 2 is 1.71 bits per heavy atom. The second-order valence-corrected chi connectivity index (χ2v) is 3.29. The molecule has 0 N–H and O–H groups in total. The fraction of sp³-hybridized carbons (Fsp3) is 0.818. The number of carbonyl (C=O) groups excluding carboxylic acids is 2. The average Bonchev–Trinajstić information content (AvgIpc) is 2.22. The van der Waals surface area contributed by atoms with Crippen LogP contribution in [0.2, 0.25) is 0 Å². The van der Waals surface area contributed by atoms with Crippen LogP contribution in [0, 0.1) is 0 Å². The molecule has 0 spiro atoms. The molecule has 0 fully saturated rings. The maximum atomic E-state index is 10.2. The minimum Gasteiger partial charge on any atom is -0.373 e. The predicted octanol–water partition coefficient (Wildman–Crippen LogP) is 1.95. The molecule has 1 unspecified atom stereocenters. The van der Waals surface area contributed by atoms with E-state index in [1.807, 2.05) is 12.6 Å². The van der Waals surface area contributed by atoms with E-state index in [9.17, 15) is 9.59 Å². The third kappa shape index (κ3) is 7.92. The van der Waals surface area contributed by atoms with E-state index < -0.39 is 0 Å². The standard InChI is InChI=1S/C11H18O3/c1-14-11(10-13)8-6-4-2-3-5-7-9-12/h11H,2-8H2,1H3. The summed E-state index contributed by atoms with van der Waals surface area (Å²) < 4.78 is 4.87. The zero-order valence-corrected chi connectivity index (χ0v) is 8.75. The van der Waals surface area contributed by atoms with Crippen molar-refractivity contribution in [2.75, 3.05) is 7.11 Å². The Balaban J connectivity index is 3.12. The minimum atomic E-state index is -0.363. The fourth-order valence-corrected chi connectivity index (χ4v) is 1.28. The van der Waals surface area contributed by atoms with Crippen LogP contribution in [0.15, 0.2) is 0 Å². The van der Waals surface area contributed by atoms with Crippen LogP contribution in [-0.4, -0.2) is 25.8 Å². The Labute approximate surface area is 85.8 Å². The van der Waals surface area contributed by atoms with Crippen LogP contribution >= 0.6 is 0 Å². The van der Waals surface area contributed by atoms with Gasteiger partial charge < -0.3 is 4.74 Å². The summed E-state index contributed by atoms with van der Waals surface area (Å²) in [5.74, 6) is 0. The van der Waals surface area contributed by atoms with Crippen molar-refractivity contribution in [1.29, 1.82) is 0 Å². The maximum Gasteiger partial charge on any atom is 0.229 e. The molecule has 0 aliphatic carbocycles. The lowest BCUT2D eigenvalue weighted by molar-refractivity contribution is 0.142. The van der Waals surface area contributed by atoms with Gasteiger partial charge in [0.25, 0.3) is 0 Å². The summed E-state index contributed by atoms with van der Waals surface area (Å²) in [4.78, 5) is 20.1. The van der Waals surface area contributed by atoms with Crippen molar-refractivity contribution in [3.63, 3.8) is 0 Å². The normalized spacial score (nSPS) is 12.4. The fourth-order valence-electron chi connectivity index (χ4n) is 1.28. The van der Waals surface area contributed by atoms with E-state index in [4.69, 9.17) is 4.74 Å². The molecule has 0 aromatic rings. The Morgan fingerprint density at radius 1 is 1.07 bits per heavy atom. The van der Waals surface area contributed by atoms with Gasteiger partial charge in [0.15, 0.2) is 6.29 Å². The van der Waals surface area contributed by atoms with Crippen molar-refractivity contribution in [3.05, 3.63) is 0 Å². The van der Waals surface area contributed by atoms with Crippen molar-refractivity contribution in [2.45, 2.75) is 51.0 Å². The lowest BCUT2D eigenvalue weighted by atomic mass is 10.1. The van der Waals surface area contributed by atoms with Gasteiger partial charge in [0, 0.05) is 13.5 Å². The van der Waals surface area contributed by atoms with Crippen molar-refractivity contribution >= 4 is 12.6 Å². The summed E-state index contributed by atoms with van der Waals surface area (Å²) >= 11 is 0. The molecule has 0 heterocycles. The van der Waals surface area contributed by atoms with E-state index >= 15 is 0 Å². The highest BCUT2D eigenvalue weighted by Crippen LogP contribution is 2.08. The number of rotatable bonds is 10. The first kappa shape index (κ1) is 13.3. The van der Waals surface area contributed by atoms with Crippen LogP contribution in [0.5, 0.6) is 0 Å². The molecule has 2 radical (unpaired) electrons. The summed E-state index contributed by atoms with van der Waals surface area (Å²) in [5.41, 5.74) is 0. The number of methoxy groups -OCH3 is 1. The van der Waals surface area contributed by atoms with Crippen molar-refractivity contribution < 1.29 is 14.3 Å². The molecule has 3 heteroatoms. The van der Waals surface area contributed by atoms with Gasteiger partial charge in [-0.25, -0.2) is 0 Å². The molecule has 3 nitrogen and oxygen atoms in total. The smallest absolute Gasteiger partial charge is 0.229 e. The third-order valence-electron chi connectivity index (χ3n) is 2.16. The van der Waals surface area contributed by atoms with Crippen LogP contribution in [0.4, 0.5) is 0 Å². The number of hydrogen-bond acceptors (Lipinski definition) is 3. The number of hydrogen-bond donors (Lipinski definition) is 0. The lowest BCUT2D eigenvalue weighted by Crippen LogP contribution is -2.11. The van der Waals surface area contributed by atoms with Gasteiger partial charge in [0.2, 0.25) is 6.29 Å². The Bertz CT molecular complexity index is 145. The molecule has 1 atom stereocenters. The lowest BCUT2D eigenvalue weighted by Gasteiger charge is -2.06. The molecule has 0 saturated carbocycles. The zero-order chi connectivity index (χ0) is 10.6. The maximum absolute atomic E-state index is 10.2. The Hall–Kier alpha value is -0.700. The van der Waals surface area contributed by atoms with Gasteiger partial charge in [-0.15, -0.1) is 0 Å². The molecule has 0 aliphatic rings. The van der Waals surface area contributed by atoms with Crippen molar-refractivity contribution in [1.82, 2.24) is 0 Å². The van der Waals surface area contributed by atoms with Crippen LogP contribution in [0.1, 0.15) is 44.9 Å². The third-order valence-corrected chi connectivity index (χ3v) is 2.16. The van der Waals surface area contributed by atoms with Gasteiger partial charge in [-0.05, 0) is 12.8 Å². The van der Waals surface area contributed by atoms with E-state index in [-0.39, 0.29) is 6.10 Å². The summed E-state index contributed by atoms with van der Waals surface area (Å²) in [7, 11) is 1.52. The van der Waals surface area contributed by atoms with Crippen LogP contribution < -0.4 is 0 Å².